The molecule has 1 aliphatic heterocycles. The first-order valence-corrected chi connectivity index (χ1v) is 8.42. The molecule has 0 aliphatic carbocycles. The maximum Gasteiger partial charge on any atom is 0.227 e. The number of rotatable bonds is 5. The molecule has 2 aromatic rings. The lowest BCUT2D eigenvalue weighted by Crippen LogP contribution is -2.23. The second-order valence-electron chi connectivity index (χ2n) is 5.77. The van der Waals surface area contributed by atoms with E-state index in [1.165, 1.54) is 5.56 Å². The quantitative estimate of drug-likeness (QED) is 0.762. The molecule has 2 aromatic carbocycles. The van der Waals surface area contributed by atoms with Gasteiger partial charge in [-0.1, -0.05) is 60.1 Å². The molecule has 1 fully saturated rings. The van der Waals surface area contributed by atoms with Crippen molar-refractivity contribution in [2.24, 2.45) is 0 Å². The molecule has 0 radical (unpaired) electrons. The number of carbonyl (C=O) groups is 1. The van der Waals surface area contributed by atoms with Crippen LogP contribution in [0.5, 0.6) is 0 Å². The van der Waals surface area contributed by atoms with E-state index in [4.69, 9.17) is 11.6 Å². The zero-order valence-corrected chi connectivity index (χ0v) is 13.8. The fourth-order valence-corrected chi connectivity index (χ4v) is 3.15. The fourth-order valence-electron chi connectivity index (χ4n) is 2.95. The van der Waals surface area contributed by atoms with E-state index in [0.29, 0.717) is 11.4 Å². The van der Waals surface area contributed by atoms with Gasteiger partial charge in [0.2, 0.25) is 5.91 Å². The van der Waals surface area contributed by atoms with Gasteiger partial charge in [-0.3, -0.25) is 4.79 Å². The molecule has 3 heteroatoms. The Labute approximate surface area is 142 Å². The van der Waals surface area contributed by atoms with E-state index < -0.39 is 0 Å². The minimum Gasteiger partial charge on any atom is -0.312 e. The zero-order chi connectivity index (χ0) is 16.1. The number of halogens is 1. The van der Waals surface area contributed by atoms with Crippen molar-refractivity contribution in [3.05, 3.63) is 76.8 Å². The number of hydrogen-bond acceptors (Lipinski definition) is 1. The third-order valence-corrected chi connectivity index (χ3v) is 4.33. The van der Waals surface area contributed by atoms with Crippen molar-refractivity contribution >= 4 is 23.2 Å². The zero-order valence-electron chi connectivity index (χ0n) is 13.0. The van der Waals surface area contributed by atoms with Gasteiger partial charge in [0.25, 0.3) is 0 Å². The molecule has 118 valence electrons. The molecule has 3 rings (SSSR count). The van der Waals surface area contributed by atoms with Crippen molar-refractivity contribution in [3.63, 3.8) is 0 Å². The van der Waals surface area contributed by atoms with Crippen LogP contribution in [-0.2, 0) is 11.2 Å². The van der Waals surface area contributed by atoms with Crippen molar-refractivity contribution in [1.82, 2.24) is 4.90 Å². The van der Waals surface area contributed by atoms with Gasteiger partial charge in [-0.15, -0.1) is 0 Å². The Kier molecular flexibility index (Phi) is 5.14. The number of nitrogens with zero attached hydrogens (tertiary/aromatic N) is 1. The first-order valence-electron chi connectivity index (χ1n) is 8.04. The fraction of sp³-hybridized carbons (Fsp3) is 0.250. The maximum absolute atomic E-state index is 12.2. The molecule has 0 atom stereocenters. The van der Waals surface area contributed by atoms with Gasteiger partial charge in [0.1, 0.15) is 0 Å². The Bertz CT molecular complexity index is 709. The van der Waals surface area contributed by atoms with Crippen molar-refractivity contribution in [2.45, 2.75) is 25.7 Å². The molecule has 2 nitrogen and oxygen atoms in total. The standard InChI is InChI=1S/C20H20ClNO/c21-18-11-5-10-17(15-18)19(22-14-6-13-20(22)23)12-4-9-16-7-2-1-3-8-16/h1-3,5,7-8,10-12,15H,4,6,9,13-14H2/b19-12-. The summed E-state index contributed by atoms with van der Waals surface area (Å²) in [5.74, 6) is 0.205. The van der Waals surface area contributed by atoms with Crippen LogP contribution in [0.4, 0.5) is 0 Å². The average Bonchev–Trinajstić information content (AvgIpc) is 2.98. The van der Waals surface area contributed by atoms with Gasteiger partial charge in [0.05, 0.1) is 0 Å². The van der Waals surface area contributed by atoms with Crippen LogP contribution in [0, 0.1) is 0 Å². The number of aryl methyl sites for hydroxylation is 1. The van der Waals surface area contributed by atoms with Crippen molar-refractivity contribution in [2.75, 3.05) is 6.54 Å². The third-order valence-electron chi connectivity index (χ3n) is 4.10. The molecule has 1 aliphatic rings. The number of likely N-dealkylation sites (tertiary alicyclic amines) is 1. The van der Waals surface area contributed by atoms with Crippen molar-refractivity contribution < 1.29 is 4.79 Å². The maximum atomic E-state index is 12.2. The van der Waals surface area contributed by atoms with Crippen molar-refractivity contribution in [1.29, 1.82) is 0 Å². The summed E-state index contributed by atoms with van der Waals surface area (Å²) >= 11 is 6.13. The van der Waals surface area contributed by atoms with Crippen LogP contribution in [0.1, 0.15) is 30.4 Å². The van der Waals surface area contributed by atoms with Gasteiger partial charge in [0.15, 0.2) is 0 Å². The van der Waals surface area contributed by atoms with E-state index in [9.17, 15) is 4.79 Å². The van der Waals surface area contributed by atoms with E-state index >= 15 is 0 Å². The predicted molar refractivity (Wildman–Crippen MR) is 95.1 cm³/mol. The van der Waals surface area contributed by atoms with Crippen LogP contribution in [0.3, 0.4) is 0 Å². The van der Waals surface area contributed by atoms with Gasteiger partial charge in [-0.05, 0) is 42.5 Å². The highest BCUT2D eigenvalue weighted by atomic mass is 35.5. The monoisotopic (exact) mass is 325 g/mol. The Hall–Kier alpha value is -2.06. The number of benzene rings is 2. The van der Waals surface area contributed by atoms with E-state index in [-0.39, 0.29) is 5.91 Å². The topological polar surface area (TPSA) is 20.3 Å². The Morgan fingerprint density at radius 2 is 1.96 bits per heavy atom. The molecule has 0 saturated carbocycles. The highest BCUT2D eigenvalue weighted by Crippen LogP contribution is 2.27. The molecule has 0 unspecified atom stereocenters. The average molecular weight is 326 g/mol. The molecule has 0 N–H and O–H groups in total. The van der Waals surface area contributed by atoms with Gasteiger partial charge in [-0.2, -0.15) is 0 Å². The van der Waals surface area contributed by atoms with E-state index in [1.807, 2.05) is 35.2 Å². The van der Waals surface area contributed by atoms with E-state index in [1.54, 1.807) is 0 Å². The molecule has 0 bridgehead atoms. The lowest BCUT2D eigenvalue weighted by atomic mass is 10.1. The second-order valence-corrected chi connectivity index (χ2v) is 6.21. The van der Waals surface area contributed by atoms with Crippen LogP contribution in [0.25, 0.3) is 5.70 Å². The minimum absolute atomic E-state index is 0.205. The summed E-state index contributed by atoms with van der Waals surface area (Å²) in [4.78, 5) is 14.1. The summed E-state index contributed by atoms with van der Waals surface area (Å²) in [7, 11) is 0. The highest BCUT2D eigenvalue weighted by molar-refractivity contribution is 6.30. The summed E-state index contributed by atoms with van der Waals surface area (Å²) in [6, 6.07) is 18.2. The highest BCUT2D eigenvalue weighted by Gasteiger charge is 2.24. The lowest BCUT2D eigenvalue weighted by molar-refractivity contribution is -0.124. The Balaban J connectivity index is 1.82. The number of carbonyl (C=O) groups excluding carboxylic acids is 1. The molecule has 0 aromatic heterocycles. The van der Waals surface area contributed by atoms with Crippen LogP contribution >= 0.6 is 11.6 Å². The minimum atomic E-state index is 0.205. The Morgan fingerprint density at radius 3 is 2.65 bits per heavy atom. The number of allylic oxidation sites excluding steroid dienone is 1. The second kappa shape index (κ2) is 7.47. The number of hydrogen-bond donors (Lipinski definition) is 0. The molecule has 1 heterocycles. The largest absolute Gasteiger partial charge is 0.312 e. The summed E-state index contributed by atoms with van der Waals surface area (Å²) in [5.41, 5.74) is 3.31. The van der Waals surface area contributed by atoms with Crippen LogP contribution in [-0.4, -0.2) is 17.4 Å². The summed E-state index contributed by atoms with van der Waals surface area (Å²) < 4.78 is 0. The number of amides is 1. The molecule has 0 spiro atoms. The van der Waals surface area contributed by atoms with Gasteiger partial charge >= 0.3 is 0 Å². The SMILES string of the molecule is O=C1CCCN1/C(=C\CCc1ccccc1)c1cccc(Cl)c1. The summed E-state index contributed by atoms with van der Waals surface area (Å²) in [6.45, 7) is 0.794. The summed E-state index contributed by atoms with van der Waals surface area (Å²) in [5, 5.41) is 0.697. The molecule has 1 amide bonds. The molecular weight excluding hydrogens is 306 g/mol. The van der Waals surface area contributed by atoms with E-state index in [2.05, 4.69) is 30.3 Å². The van der Waals surface area contributed by atoms with Gasteiger partial charge < -0.3 is 4.90 Å². The third kappa shape index (κ3) is 4.02. The first-order chi connectivity index (χ1) is 11.2. The van der Waals surface area contributed by atoms with Gasteiger partial charge in [0, 0.05) is 23.7 Å². The normalized spacial score (nSPS) is 15.3. The first kappa shape index (κ1) is 15.8. The van der Waals surface area contributed by atoms with Crippen LogP contribution in [0.2, 0.25) is 5.02 Å². The van der Waals surface area contributed by atoms with Crippen LogP contribution in [0.15, 0.2) is 60.7 Å². The van der Waals surface area contributed by atoms with Crippen LogP contribution < -0.4 is 0 Å². The lowest BCUT2D eigenvalue weighted by Gasteiger charge is -2.20. The van der Waals surface area contributed by atoms with E-state index in [0.717, 1.165) is 37.1 Å². The molecule has 23 heavy (non-hydrogen) atoms. The molecular formula is C20H20ClNO. The smallest absolute Gasteiger partial charge is 0.227 e. The molecule has 1 saturated heterocycles. The predicted octanol–water partition coefficient (Wildman–Crippen LogP) is 4.94. The summed E-state index contributed by atoms with van der Waals surface area (Å²) in [6.07, 6.45) is 5.59. The van der Waals surface area contributed by atoms with Gasteiger partial charge in [-0.25, -0.2) is 0 Å². The van der Waals surface area contributed by atoms with Crippen molar-refractivity contribution in [3.8, 4) is 0 Å². The Morgan fingerprint density at radius 1 is 1.13 bits per heavy atom.